The summed E-state index contributed by atoms with van der Waals surface area (Å²) < 4.78 is 13.8. The third-order valence-corrected chi connectivity index (χ3v) is 4.62. The molecule has 20 heavy (non-hydrogen) atoms. The number of nitrogens with zero attached hydrogens (tertiary/aromatic N) is 1. The topological polar surface area (TPSA) is 32.3 Å². The molecule has 2 fully saturated rings. The maximum atomic E-state index is 13.8. The van der Waals surface area contributed by atoms with Gasteiger partial charge in [-0.3, -0.25) is 4.79 Å². The Morgan fingerprint density at radius 1 is 1.25 bits per heavy atom. The van der Waals surface area contributed by atoms with Gasteiger partial charge in [-0.05, 0) is 38.3 Å². The molecule has 0 radical (unpaired) electrons. The first-order valence-electron chi connectivity index (χ1n) is 7.45. The molecule has 0 aliphatic carbocycles. The standard InChI is InChI=1S/C16H21FN2O/c17-14-6-2-1-5-13(14)11-19-10-4-8-16(15(19)20)7-3-9-18-12-16/h1-2,5-6,18H,3-4,7-12H2. The maximum absolute atomic E-state index is 13.8. The SMILES string of the molecule is O=C1N(Cc2ccccc2F)CCCC12CCCNC2. The van der Waals surface area contributed by atoms with Gasteiger partial charge in [0.1, 0.15) is 5.82 Å². The number of carbonyl (C=O) groups is 1. The van der Waals surface area contributed by atoms with E-state index in [1.54, 1.807) is 12.1 Å². The molecule has 2 aliphatic rings. The van der Waals surface area contributed by atoms with E-state index in [1.165, 1.54) is 6.07 Å². The number of hydrogen-bond acceptors (Lipinski definition) is 2. The van der Waals surface area contributed by atoms with E-state index in [2.05, 4.69) is 5.32 Å². The van der Waals surface area contributed by atoms with Crippen LogP contribution in [0.2, 0.25) is 0 Å². The minimum Gasteiger partial charge on any atom is -0.338 e. The Morgan fingerprint density at radius 3 is 2.80 bits per heavy atom. The second kappa shape index (κ2) is 5.52. The van der Waals surface area contributed by atoms with Crippen LogP contribution in [-0.4, -0.2) is 30.4 Å². The molecule has 1 spiro atoms. The van der Waals surface area contributed by atoms with Gasteiger partial charge in [0.15, 0.2) is 0 Å². The van der Waals surface area contributed by atoms with Crippen molar-refractivity contribution in [2.24, 2.45) is 5.41 Å². The molecular formula is C16H21FN2O. The van der Waals surface area contributed by atoms with Crippen LogP contribution in [0.25, 0.3) is 0 Å². The largest absolute Gasteiger partial charge is 0.338 e. The Labute approximate surface area is 119 Å². The molecule has 1 amide bonds. The van der Waals surface area contributed by atoms with Gasteiger partial charge in [-0.15, -0.1) is 0 Å². The van der Waals surface area contributed by atoms with E-state index in [0.717, 1.165) is 45.3 Å². The number of piperidine rings is 2. The fourth-order valence-electron chi connectivity index (χ4n) is 3.50. The average molecular weight is 276 g/mol. The number of likely N-dealkylation sites (tertiary alicyclic amines) is 1. The summed E-state index contributed by atoms with van der Waals surface area (Å²) >= 11 is 0. The van der Waals surface area contributed by atoms with E-state index in [9.17, 15) is 9.18 Å². The van der Waals surface area contributed by atoms with E-state index in [1.807, 2.05) is 11.0 Å². The van der Waals surface area contributed by atoms with Crippen LogP contribution in [-0.2, 0) is 11.3 Å². The van der Waals surface area contributed by atoms with Crippen molar-refractivity contribution in [1.82, 2.24) is 10.2 Å². The Balaban J connectivity index is 1.77. The number of hydrogen-bond donors (Lipinski definition) is 1. The first-order valence-corrected chi connectivity index (χ1v) is 7.45. The van der Waals surface area contributed by atoms with E-state index in [-0.39, 0.29) is 17.1 Å². The molecule has 1 aromatic carbocycles. The summed E-state index contributed by atoms with van der Waals surface area (Å²) in [6.07, 6.45) is 4.00. The lowest BCUT2D eigenvalue weighted by molar-refractivity contribution is -0.148. The van der Waals surface area contributed by atoms with Crippen molar-refractivity contribution < 1.29 is 9.18 Å². The third kappa shape index (κ3) is 2.44. The molecule has 2 aliphatic heterocycles. The van der Waals surface area contributed by atoms with Gasteiger partial charge in [0, 0.05) is 25.2 Å². The highest BCUT2D eigenvalue weighted by Gasteiger charge is 2.44. The third-order valence-electron chi connectivity index (χ3n) is 4.62. The smallest absolute Gasteiger partial charge is 0.230 e. The van der Waals surface area contributed by atoms with Gasteiger partial charge in [-0.2, -0.15) is 0 Å². The van der Waals surface area contributed by atoms with Crippen molar-refractivity contribution in [3.8, 4) is 0 Å². The molecule has 3 nitrogen and oxygen atoms in total. The first-order chi connectivity index (χ1) is 9.71. The lowest BCUT2D eigenvalue weighted by atomic mass is 9.73. The number of benzene rings is 1. The quantitative estimate of drug-likeness (QED) is 0.899. The summed E-state index contributed by atoms with van der Waals surface area (Å²) in [6, 6.07) is 6.73. The summed E-state index contributed by atoms with van der Waals surface area (Å²) in [6.45, 7) is 2.92. The summed E-state index contributed by atoms with van der Waals surface area (Å²) in [7, 11) is 0. The van der Waals surface area contributed by atoms with Gasteiger partial charge in [-0.1, -0.05) is 18.2 Å². The Hall–Kier alpha value is -1.42. The molecule has 1 aromatic rings. The zero-order valence-corrected chi connectivity index (χ0v) is 11.7. The monoisotopic (exact) mass is 276 g/mol. The minimum atomic E-state index is -0.234. The highest BCUT2D eigenvalue weighted by atomic mass is 19.1. The molecule has 1 N–H and O–H groups in total. The minimum absolute atomic E-state index is 0.208. The molecule has 0 bridgehead atoms. The zero-order valence-electron chi connectivity index (χ0n) is 11.7. The summed E-state index contributed by atoms with van der Waals surface area (Å²) in [5.41, 5.74) is 0.378. The highest BCUT2D eigenvalue weighted by Crippen LogP contribution is 2.37. The molecule has 108 valence electrons. The van der Waals surface area contributed by atoms with Gasteiger partial charge >= 0.3 is 0 Å². The number of carbonyl (C=O) groups excluding carboxylic acids is 1. The molecule has 2 saturated heterocycles. The van der Waals surface area contributed by atoms with Crippen LogP contribution in [0.5, 0.6) is 0 Å². The molecule has 0 saturated carbocycles. The fraction of sp³-hybridized carbons (Fsp3) is 0.562. The number of rotatable bonds is 2. The Bertz CT molecular complexity index is 491. The first kappa shape index (κ1) is 13.6. The Morgan fingerprint density at radius 2 is 2.05 bits per heavy atom. The van der Waals surface area contributed by atoms with Gasteiger partial charge in [0.25, 0.3) is 0 Å². The van der Waals surface area contributed by atoms with Crippen LogP contribution in [0.1, 0.15) is 31.2 Å². The van der Waals surface area contributed by atoms with Gasteiger partial charge < -0.3 is 10.2 Å². The van der Waals surface area contributed by atoms with Crippen LogP contribution in [0.15, 0.2) is 24.3 Å². The van der Waals surface area contributed by atoms with E-state index < -0.39 is 0 Å². The lowest BCUT2D eigenvalue weighted by Gasteiger charge is -2.44. The summed E-state index contributed by atoms with van der Waals surface area (Å²) in [5.74, 6) is -0.0131. The molecule has 3 rings (SSSR count). The highest BCUT2D eigenvalue weighted by molar-refractivity contribution is 5.84. The second-order valence-electron chi connectivity index (χ2n) is 5.98. The zero-order chi connectivity index (χ0) is 14.0. The molecule has 0 aromatic heterocycles. The van der Waals surface area contributed by atoms with Crippen molar-refractivity contribution in [3.05, 3.63) is 35.6 Å². The normalized spacial score (nSPS) is 27.1. The lowest BCUT2D eigenvalue weighted by Crippen LogP contribution is -2.54. The predicted octanol–water partition coefficient (Wildman–Crippen LogP) is 2.32. The molecule has 4 heteroatoms. The van der Waals surface area contributed by atoms with Gasteiger partial charge in [0.2, 0.25) is 5.91 Å². The summed E-state index contributed by atoms with van der Waals surface area (Å²) in [5, 5.41) is 3.35. The van der Waals surface area contributed by atoms with Crippen LogP contribution in [0.3, 0.4) is 0 Å². The number of amides is 1. The van der Waals surface area contributed by atoms with Crippen LogP contribution in [0, 0.1) is 11.2 Å². The van der Waals surface area contributed by atoms with Crippen molar-refractivity contribution in [1.29, 1.82) is 0 Å². The van der Waals surface area contributed by atoms with Crippen molar-refractivity contribution >= 4 is 5.91 Å². The fourth-order valence-corrected chi connectivity index (χ4v) is 3.50. The van der Waals surface area contributed by atoms with Crippen molar-refractivity contribution in [2.75, 3.05) is 19.6 Å². The van der Waals surface area contributed by atoms with Gasteiger partial charge in [0.05, 0.1) is 5.41 Å². The van der Waals surface area contributed by atoms with Crippen molar-refractivity contribution in [3.63, 3.8) is 0 Å². The van der Waals surface area contributed by atoms with E-state index in [4.69, 9.17) is 0 Å². The van der Waals surface area contributed by atoms with Crippen LogP contribution < -0.4 is 5.32 Å². The van der Waals surface area contributed by atoms with Gasteiger partial charge in [-0.25, -0.2) is 4.39 Å². The maximum Gasteiger partial charge on any atom is 0.230 e. The number of nitrogens with one attached hydrogen (secondary N) is 1. The molecule has 1 atom stereocenters. The van der Waals surface area contributed by atoms with Crippen LogP contribution in [0.4, 0.5) is 4.39 Å². The predicted molar refractivity (Wildman–Crippen MR) is 75.6 cm³/mol. The average Bonchev–Trinajstić information content (AvgIpc) is 2.47. The van der Waals surface area contributed by atoms with Crippen molar-refractivity contribution in [2.45, 2.75) is 32.2 Å². The number of halogens is 1. The van der Waals surface area contributed by atoms with E-state index in [0.29, 0.717) is 12.1 Å². The molecule has 1 unspecified atom stereocenters. The van der Waals surface area contributed by atoms with E-state index >= 15 is 0 Å². The Kier molecular flexibility index (Phi) is 3.74. The van der Waals surface area contributed by atoms with Crippen LogP contribution >= 0.6 is 0 Å². The second-order valence-corrected chi connectivity index (χ2v) is 5.98. The summed E-state index contributed by atoms with van der Waals surface area (Å²) in [4.78, 5) is 14.6. The molecule has 2 heterocycles. The molecular weight excluding hydrogens is 255 g/mol.